The largest absolute Gasteiger partial charge is 0.573 e. The lowest BCUT2D eigenvalue weighted by Crippen LogP contribution is -2.39. The molecule has 1 heterocycles. The predicted octanol–water partition coefficient (Wildman–Crippen LogP) is 5.36. The van der Waals surface area contributed by atoms with E-state index in [9.17, 15) is 22.4 Å². The molecule has 0 aliphatic heterocycles. The van der Waals surface area contributed by atoms with E-state index in [2.05, 4.69) is 15.0 Å². The third-order valence-electron chi connectivity index (χ3n) is 3.92. The average molecular weight is 479 g/mol. The predicted molar refractivity (Wildman–Crippen MR) is 115 cm³/mol. The quantitative estimate of drug-likeness (QED) is 0.485. The van der Waals surface area contributed by atoms with Crippen molar-refractivity contribution in [3.63, 3.8) is 0 Å². The zero-order valence-electron chi connectivity index (χ0n) is 16.4. The second-order valence-corrected chi connectivity index (χ2v) is 7.57. The van der Waals surface area contributed by atoms with Gasteiger partial charge in [0.25, 0.3) is 0 Å². The van der Waals surface area contributed by atoms with Crippen molar-refractivity contribution in [1.82, 2.24) is 9.88 Å². The Labute approximate surface area is 185 Å². The average Bonchev–Trinajstić information content (AvgIpc) is 3.05. The number of hydrogen-bond acceptors (Lipinski definition) is 5. The summed E-state index contributed by atoms with van der Waals surface area (Å²) in [5.74, 6) is -0.790. The fraction of sp³-hybridized carbons (Fsp3) is 0.263. The summed E-state index contributed by atoms with van der Waals surface area (Å²) in [7, 11) is 3.68. The molecule has 3 rings (SSSR count). The van der Waals surface area contributed by atoms with Crippen LogP contribution in [-0.2, 0) is 0 Å². The Morgan fingerprint density at radius 3 is 2.42 bits per heavy atom. The molecule has 2 amide bonds. The number of ether oxygens (including phenoxy) is 1. The Morgan fingerprint density at radius 2 is 1.81 bits per heavy atom. The molecular formula is C19H19ClF4N4O2S. The molecule has 0 saturated heterocycles. The lowest BCUT2D eigenvalue weighted by atomic mass is 10.3. The molecule has 0 fully saturated rings. The number of carbonyl (C=O) groups excluding carboxylic acids is 1. The molecule has 12 heteroatoms. The Kier molecular flexibility index (Phi) is 8.04. The van der Waals surface area contributed by atoms with Crippen LogP contribution in [0, 0.1) is 5.82 Å². The van der Waals surface area contributed by atoms with Gasteiger partial charge in [-0.3, -0.25) is 4.90 Å². The normalized spacial score (nSPS) is 11.3. The van der Waals surface area contributed by atoms with Gasteiger partial charge < -0.3 is 15.0 Å². The number of fused-ring (bicyclic) bond motifs is 1. The van der Waals surface area contributed by atoms with E-state index in [0.29, 0.717) is 27.6 Å². The minimum atomic E-state index is -4.80. The second-order valence-electron chi connectivity index (χ2n) is 6.57. The van der Waals surface area contributed by atoms with Crippen LogP contribution in [0.1, 0.15) is 0 Å². The zero-order chi connectivity index (χ0) is 21.9. The molecule has 1 aromatic heterocycles. The number of hydrogen-bond donors (Lipinski definition) is 1. The number of carbonyl (C=O) groups is 1. The van der Waals surface area contributed by atoms with Crippen LogP contribution in [0.4, 0.5) is 33.2 Å². The summed E-state index contributed by atoms with van der Waals surface area (Å²) >= 11 is 1.07. The van der Waals surface area contributed by atoms with Crippen LogP contribution >= 0.6 is 23.7 Å². The zero-order valence-corrected chi connectivity index (χ0v) is 18.1. The summed E-state index contributed by atoms with van der Waals surface area (Å²) in [6.45, 7) is 0.807. The van der Waals surface area contributed by atoms with Crippen molar-refractivity contribution < 1.29 is 27.1 Å². The van der Waals surface area contributed by atoms with Crippen LogP contribution in [0.2, 0.25) is 0 Å². The van der Waals surface area contributed by atoms with Gasteiger partial charge in [0.1, 0.15) is 11.6 Å². The number of alkyl halides is 3. The van der Waals surface area contributed by atoms with Crippen molar-refractivity contribution in [3.8, 4) is 5.75 Å². The minimum Gasteiger partial charge on any atom is -0.406 e. The summed E-state index contributed by atoms with van der Waals surface area (Å²) < 4.78 is 54.9. The number of urea groups is 1. The Bertz CT molecular complexity index is 1030. The maximum atomic E-state index is 13.1. The van der Waals surface area contributed by atoms with Gasteiger partial charge in [0, 0.05) is 24.8 Å². The third-order valence-corrected chi connectivity index (χ3v) is 4.97. The standard InChI is InChI=1S/C19H18F4N4O2S.ClH/c1-26(2)9-10-27(17(28)24-13-5-3-12(20)4-6-13)18-25-15-8-7-14(11-16(15)30-18)29-19(21,22)23;/h3-8,11H,9-10H2,1-2H3,(H,24,28);1H. The number of likely N-dealkylation sites (N-methyl/N-ethyl adjacent to an activating group) is 1. The van der Waals surface area contributed by atoms with Crippen molar-refractivity contribution >= 4 is 50.8 Å². The molecule has 2 aromatic carbocycles. The van der Waals surface area contributed by atoms with Crippen molar-refractivity contribution in [2.75, 3.05) is 37.4 Å². The lowest BCUT2D eigenvalue weighted by Gasteiger charge is -2.22. The van der Waals surface area contributed by atoms with Gasteiger partial charge in [0.2, 0.25) is 0 Å². The third kappa shape index (κ3) is 6.94. The van der Waals surface area contributed by atoms with E-state index >= 15 is 0 Å². The first-order chi connectivity index (χ1) is 14.1. The van der Waals surface area contributed by atoms with E-state index < -0.39 is 18.2 Å². The molecule has 0 aliphatic rings. The highest BCUT2D eigenvalue weighted by Crippen LogP contribution is 2.33. The van der Waals surface area contributed by atoms with Crippen molar-refractivity contribution in [2.24, 2.45) is 0 Å². The molecule has 3 aromatic rings. The molecule has 0 saturated carbocycles. The highest BCUT2D eigenvalue weighted by Gasteiger charge is 2.31. The van der Waals surface area contributed by atoms with E-state index in [-0.39, 0.29) is 24.7 Å². The van der Waals surface area contributed by atoms with E-state index in [1.165, 1.54) is 47.4 Å². The first-order valence-electron chi connectivity index (χ1n) is 8.76. The van der Waals surface area contributed by atoms with Gasteiger partial charge in [0.05, 0.1) is 10.2 Å². The van der Waals surface area contributed by atoms with Gasteiger partial charge in [-0.05, 0) is 50.5 Å². The summed E-state index contributed by atoms with van der Waals surface area (Å²) in [4.78, 5) is 20.5. The Hall–Kier alpha value is -2.63. The molecule has 0 spiro atoms. The van der Waals surface area contributed by atoms with E-state index in [1.54, 1.807) is 0 Å². The van der Waals surface area contributed by atoms with Gasteiger partial charge in [-0.15, -0.1) is 25.6 Å². The number of halogens is 5. The molecule has 0 aliphatic carbocycles. The van der Waals surface area contributed by atoms with Crippen LogP contribution < -0.4 is 15.0 Å². The monoisotopic (exact) mass is 478 g/mol. The van der Waals surface area contributed by atoms with Crippen molar-refractivity contribution in [3.05, 3.63) is 48.3 Å². The smallest absolute Gasteiger partial charge is 0.406 e. The van der Waals surface area contributed by atoms with Gasteiger partial charge in [-0.25, -0.2) is 14.2 Å². The van der Waals surface area contributed by atoms with Gasteiger partial charge in [0.15, 0.2) is 5.13 Å². The number of thiazole rings is 1. The summed E-state index contributed by atoms with van der Waals surface area (Å²) in [6.07, 6.45) is -4.80. The van der Waals surface area contributed by atoms with Crippen LogP contribution in [0.15, 0.2) is 42.5 Å². The number of benzene rings is 2. The molecule has 31 heavy (non-hydrogen) atoms. The Balaban J connectivity index is 0.00000341. The highest BCUT2D eigenvalue weighted by atomic mass is 35.5. The number of anilines is 2. The lowest BCUT2D eigenvalue weighted by molar-refractivity contribution is -0.274. The first-order valence-corrected chi connectivity index (χ1v) is 9.57. The number of rotatable bonds is 6. The molecule has 0 radical (unpaired) electrons. The van der Waals surface area contributed by atoms with Crippen LogP contribution in [0.3, 0.4) is 0 Å². The van der Waals surface area contributed by atoms with Gasteiger partial charge in [-0.1, -0.05) is 11.3 Å². The van der Waals surface area contributed by atoms with Crippen molar-refractivity contribution in [2.45, 2.75) is 6.36 Å². The maximum absolute atomic E-state index is 13.1. The molecule has 1 N–H and O–H groups in total. The van der Waals surface area contributed by atoms with Crippen LogP contribution in [0.25, 0.3) is 10.2 Å². The molecular weight excluding hydrogens is 460 g/mol. The Morgan fingerprint density at radius 1 is 1.13 bits per heavy atom. The summed E-state index contributed by atoms with van der Waals surface area (Å²) in [5, 5.41) is 2.99. The highest BCUT2D eigenvalue weighted by molar-refractivity contribution is 7.22. The number of aromatic nitrogens is 1. The van der Waals surface area contributed by atoms with E-state index in [0.717, 1.165) is 11.3 Å². The fourth-order valence-electron chi connectivity index (χ4n) is 2.51. The first kappa shape index (κ1) is 24.6. The van der Waals surface area contributed by atoms with Gasteiger partial charge >= 0.3 is 12.4 Å². The van der Waals surface area contributed by atoms with Gasteiger partial charge in [-0.2, -0.15) is 0 Å². The minimum absolute atomic E-state index is 0. The summed E-state index contributed by atoms with van der Waals surface area (Å²) in [5.41, 5.74) is 0.840. The van der Waals surface area contributed by atoms with Crippen molar-refractivity contribution in [1.29, 1.82) is 0 Å². The van der Waals surface area contributed by atoms with E-state index in [1.807, 2.05) is 19.0 Å². The second kappa shape index (κ2) is 10.1. The number of amides is 2. The fourth-order valence-corrected chi connectivity index (χ4v) is 3.53. The molecule has 6 nitrogen and oxygen atoms in total. The van der Waals surface area contributed by atoms with E-state index in [4.69, 9.17) is 0 Å². The topological polar surface area (TPSA) is 57.7 Å². The SMILES string of the molecule is CN(C)CCN(C(=O)Nc1ccc(F)cc1)c1nc2ccc(OC(F)(F)F)cc2s1.Cl. The number of nitrogens with one attached hydrogen (secondary N) is 1. The number of nitrogens with zero attached hydrogens (tertiary/aromatic N) is 3. The van der Waals surface area contributed by atoms with Crippen LogP contribution in [-0.4, -0.2) is 49.5 Å². The molecule has 0 unspecified atom stereocenters. The summed E-state index contributed by atoms with van der Waals surface area (Å²) in [6, 6.07) is 8.60. The molecule has 168 valence electrons. The maximum Gasteiger partial charge on any atom is 0.573 e. The molecule has 0 bridgehead atoms. The molecule has 0 atom stereocenters. The van der Waals surface area contributed by atoms with Crippen LogP contribution in [0.5, 0.6) is 5.75 Å².